The number of benzene rings is 4. The summed E-state index contributed by atoms with van der Waals surface area (Å²) in [7, 11) is 0. The summed E-state index contributed by atoms with van der Waals surface area (Å²) in [5.74, 6) is -3.26. The van der Waals surface area contributed by atoms with Crippen LogP contribution in [-0.2, 0) is 9.47 Å². The van der Waals surface area contributed by atoms with E-state index in [1.807, 2.05) is 0 Å². The molecule has 0 aliphatic rings. The van der Waals surface area contributed by atoms with Crippen molar-refractivity contribution in [3.63, 3.8) is 0 Å². The topological polar surface area (TPSA) is 127 Å². The lowest BCUT2D eigenvalue weighted by atomic mass is 10.0. The Balaban J connectivity index is 1.37. The maximum Gasteiger partial charge on any atom is 0.338 e. The van der Waals surface area contributed by atoms with E-state index in [1.54, 1.807) is 49.4 Å². The normalized spacial score (nSPS) is 11.7. The third kappa shape index (κ3) is 5.27. The van der Waals surface area contributed by atoms with Gasteiger partial charge in [0.05, 0.1) is 22.3 Å². The van der Waals surface area contributed by atoms with Gasteiger partial charge in [0.25, 0.3) is 0 Å². The summed E-state index contributed by atoms with van der Waals surface area (Å²) in [6.07, 6.45) is -0.713. The predicted molar refractivity (Wildman–Crippen MR) is 127 cm³/mol. The minimum atomic E-state index is -1.03. The van der Waals surface area contributed by atoms with Gasteiger partial charge in [0.2, 0.25) is 0 Å². The van der Waals surface area contributed by atoms with Crippen molar-refractivity contribution in [1.29, 1.82) is 0 Å². The van der Waals surface area contributed by atoms with E-state index in [0.717, 1.165) is 0 Å². The Morgan fingerprint density at radius 2 is 1.00 bits per heavy atom. The lowest BCUT2D eigenvalue weighted by Crippen LogP contribution is -2.22. The van der Waals surface area contributed by atoms with Crippen LogP contribution in [0.15, 0.2) is 72.8 Å². The second kappa shape index (κ2) is 9.64. The van der Waals surface area contributed by atoms with Crippen molar-refractivity contribution in [2.45, 2.75) is 13.0 Å². The van der Waals surface area contributed by atoms with Crippen molar-refractivity contribution in [2.24, 2.45) is 0 Å². The van der Waals surface area contributed by atoms with Crippen molar-refractivity contribution in [1.82, 2.24) is 0 Å². The lowest BCUT2D eigenvalue weighted by Gasteiger charge is -2.14. The molecule has 0 radical (unpaired) electrons. The van der Waals surface area contributed by atoms with E-state index in [9.17, 15) is 19.2 Å². The molecule has 1 unspecified atom stereocenters. The molecule has 2 N–H and O–H groups in total. The van der Waals surface area contributed by atoms with E-state index in [-0.39, 0.29) is 28.9 Å². The van der Waals surface area contributed by atoms with Crippen LogP contribution in [0.1, 0.15) is 48.4 Å². The van der Waals surface area contributed by atoms with E-state index in [4.69, 9.17) is 19.7 Å². The van der Waals surface area contributed by atoms with Crippen LogP contribution in [-0.4, -0.2) is 46.8 Å². The molecule has 0 spiro atoms. The first kappa shape index (κ1) is 23.4. The molecular formula is C27H20O8. The van der Waals surface area contributed by atoms with Gasteiger partial charge in [-0.1, -0.05) is 24.3 Å². The highest BCUT2D eigenvalue weighted by atomic mass is 16.6. The molecule has 0 amide bonds. The van der Waals surface area contributed by atoms with E-state index >= 15 is 0 Å². The van der Waals surface area contributed by atoms with Crippen LogP contribution in [0.4, 0.5) is 0 Å². The van der Waals surface area contributed by atoms with Crippen LogP contribution in [0.3, 0.4) is 0 Å². The number of ether oxygens (including phenoxy) is 2. The second-order valence-electron chi connectivity index (χ2n) is 7.98. The molecule has 0 heterocycles. The third-order valence-electron chi connectivity index (χ3n) is 5.40. The Hall–Kier alpha value is -4.72. The summed E-state index contributed by atoms with van der Waals surface area (Å²) in [5, 5.41) is 20.9. The zero-order valence-electron chi connectivity index (χ0n) is 18.6. The van der Waals surface area contributed by atoms with Crippen molar-refractivity contribution in [3.8, 4) is 0 Å². The third-order valence-corrected chi connectivity index (χ3v) is 5.40. The molecule has 8 nitrogen and oxygen atoms in total. The molecule has 0 aliphatic carbocycles. The smallest absolute Gasteiger partial charge is 0.338 e. The molecule has 0 aliphatic heterocycles. The van der Waals surface area contributed by atoms with Gasteiger partial charge in [0.15, 0.2) is 0 Å². The summed E-state index contributed by atoms with van der Waals surface area (Å²) in [4.78, 5) is 47.2. The first-order valence-corrected chi connectivity index (χ1v) is 10.6. The number of carboxylic acid groups (broad SMARTS) is 2. The van der Waals surface area contributed by atoms with Gasteiger partial charge < -0.3 is 19.7 Å². The number of aromatic carboxylic acids is 2. The first-order valence-electron chi connectivity index (χ1n) is 10.6. The number of hydrogen-bond donors (Lipinski definition) is 2. The van der Waals surface area contributed by atoms with Crippen molar-refractivity contribution in [2.75, 3.05) is 6.61 Å². The molecule has 0 saturated carbocycles. The molecule has 8 heteroatoms. The number of hydrogen-bond acceptors (Lipinski definition) is 6. The van der Waals surface area contributed by atoms with Gasteiger partial charge in [-0.3, -0.25) is 0 Å². The number of carboxylic acids is 2. The van der Waals surface area contributed by atoms with Gasteiger partial charge in [-0.25, -0.2) is 19.2 Å². The van der Waals surface area contributed by atoms with Crippen LogP contribution in [0.25, 0.3) is 21.5 Å². The summed E-state index contributed by atoms with van der Waals surface area (Å²) in [6, 6.07) is 18.8. The maximum atomic E-state index is 12.5. The SMILES string of the molecule is CC(COC(=O)c1ccc2cc(C(=O)O)ccc2c1)OC(=O)c1ccc2cc(C(=O)O)ccc2c1. The fourth-order valence-corrected chi connectivity index (χ4v) is 3.57. The summed E-state index contributed by atoms with van der Waals surface area (Å²) in [6.45, 7) is 1.44. The molecule has 4 rings (SSSR count). The van der Waals surface area contributed by atoms with Gasteiger partial charge in [0, 0.05) is 0 Å². The average molecular weight is 472 g/mol. The molecule has 0 aromatic heterocycles. The fraction of sp³-hybridized carbons (Fsp3) is 0.111. The number of carbonyl (C=O) groups is 4. The van der Waals surface area contributed by atoms with Gasteiger partial charge in [-0.15, -0.1) is 0 Å². The zero-order chi connectivity index (χ0) is 25.1. The van der Waals surface area contributed by atoms with Gasteiger partial charge in [-0.05, 0) is 77.0 Å². The molecule has 0 saturated heterocycles. The first-order chi connectivity index (χ1) is 16.7. The van der Waals surface area contributed by atoms with E-state index < -0.39 is 30.0 Å². The zero-order valence-corrected chi connectivity index (χ0v) is 18.6. The predicted octanol–water partition coefficient (Wildman–Crippen LogP) is 4.79. The average Bonchev–Trinajstić information content (AvgIpc) is 2.85. The molecule has 35 heavy (non-hydrogen) atoms. The van der Waals surface area contributed by atoms with Crippen LogP contribution in [0.5, 0.6) is 0 Å². The lowest BCUT2D eigenvalue weighted by molar-refractivity contribution is 0.00450. The Morgan fingerprint density at radius 3 is 1.43 bits per heavy atom. The fourth-order valence-electron chi connectivity index (χ4n) is 3.57. The number of carbonyl (C=O) groups excluding carboxylic acids is 2. The summed E-state index contributed by atoms with van der Waals surface area (Å²) >= 11 is 0. The summed E-state index contributed by atoms with van der Waals surface area (Å²) < 4.78 is 10.7. The highest BCUT2D eigenvalue weighted by Gasteiger charge is 2.16. The molecule has 4 aromatic rings. The molecule has 0 fully saturated rings. The Kier molecular flexibility index (Phi) is 6.46. The second-order valence-corrected chi connectivity index (χ2v) is 7.98. The monoisotopic (exact) mass is 472 g/mol. The number of rotatable bonds is 7. The molecule has 1 atom stereocenters. The molecule has 176 valence electrons. The summed E-state index contributed by atoms with van der Waals surface area (Å²) in [5.41, 5.74) is 0.878. The van der Waals surface area contributed by atoms with Crippen molar-refractivity contribution >= 4 is 45.4 Å². The van der Waals surface area contributed by atoms with Gasteiger partial charge in [0.1, 0.15) is 12.7 Å². The minimum absolute atomic E-state index is 0.152. The van der Waals surface area contributed by atoms with Gasteiger partial charge >= 0.3 is 23.9 Å². The number of fused-ring (bicyclic) bond motifs is 2. The van der Waals surface area contributed by atoms with Crippen LogP contribution < -0.4 is 0 Å². The van der Waals surface area contributed by atoms with E-state index in [1.165, 1.54) is 30.3 Å². The van der Waals surface area contributed by atoms with Crippen molar-refractivity contribution in [3.05, 3.63) is 95.1 Å². The molecular weight excluding hydrogens is 452 g/mol. The van der Waals surface area contributed by atoms with Crippen molar-refractivity contribution < 1.29 is 38.9 Å². The maximum absolute atomic E-state index is 12.5. The number of esters is 2. The van der Waals surface area contributed by atoms with Crippen LogP contribution >= 0.6 is 0 Å². The van der Waals surface area contributed by atoms with E-state index in [0.29, 0.717) is 21.5 Å². The van der Waals surface area contributed by atoms with Crippen LogP contribution in [0.2, 0.25) is 0 Å². The molecule has 4 aromatic carbocycles. The van der Waals surface area contributed by atoms with Gasteiger partial charge in [-0.2, -0.15) is 0 Å². The Bertz CT molecular complexity index is 1490. The highest BCUT2D eigenvalue weighted by Crippen LogP contribution is 2.20. The molecule has 0 bridgehead atoms. The Labute approximate surface area is 199 Å². The minimum Gasteiger partial charge on any atom is -0.478 e. The standard InChI is InChI=1S/C27H20O8/c1-15(35-27(33)23-9-5-17-11-21(25(30)31)7-3-19(17)13-23)14-34-26(32)22-8-4-16-10-20(24(28)29)6-2-18(16)12-22/h2-13,15H,14H2,1H3,(H,28,29)(H,30,31). The van der Waals surface area contributed by atoms with Crippen LogP contribution in [0, 0.1) is 0 Å². The van der Waals surface area contributed by atoms with E-state index in [2.05, 4.69) is 0 Å². The largest absolute Gasteiger partial charge is 0.478 e. The Morgan fingerprint density at radius 1 is 0.629 bits per heavy atom. The quantitative estimate of drug-likeness (QED) is 0.368. The highest BCUT2D eigenvalue weighted by molar-refractivity contribution is 5.99.